The molecule has 0 aromatic carbocycles. The molecule has 1 saturated heterocycles. The minimum atomic E-state index is 0.670. The van der Waals surface area contributed by atoms with Crippen LogP contribution in [0.1, 0.15) is 19.8 Å². The number of imidazole rings is 1. The predicted octanol–water partition coefficient (Wildman–Crippen LogP) is 2.00. The van der Waals surface area contributed by atoms with E-state index in [1.54, 1.807) is 0 Å². The van der Waals surface area contributed by atoms with Crippen LogP contribution in [0.15, 0.2) is 18.7 Å². The Balaban J connectivity index is 1.65. The lowest BCUT2D eigenvalue weighted by atomic mass is 10.1. The topological polar surface area (TPSA) is 29.9 Å². The van der Waals surface area contributed by atoms with Gasteiger partial charge < -0.3 is 9.88 Å². The van der Waals surface area contributed by atoms with Gasteiger partial charge in [-0.15, -0.1) is 0 Å². The van der Waals surface area contributed by atoms with Gasteiger partial charge in [-0.05, 0) is 36.8 Å². The number of rotatable bonds is 5. The molecule has 1 fully saturated rings. The summed E-state index contributed by atoms with van der Waals surface area (Å²) in [6.45, 7) is 4.48. The fourth-order valence-corrected chi connectivity index (χ4v) is 3.20. The van der Waals surface area contributed by atoms with E-state index in [1.165, 1.54) is 24.3 Å². The zero-order chi connectivity index (χ0) is 11.2. The third kappa shape index (κ3) is 3.83. The second-order valence-corrected chi connectivity index (χ2v) is 5.88. The van der Waals surface area contributed by atoms with Crippen molar-refractivity contribution in [3.05, 3.63) is 18.7 Å². The molecule has 0 bridgehead atoms. The Kier molecular flexibility index (Phi) is 4.72. The highest BCUT2D eigenvalue weighted by molar-refractivity contribution is 7.99. The van der Waals surface area contributed by atoms with Crippen LogP contribution in [-0.4, -0.2) is 33.6 Å². The highest BCUT2D eigenvalue weighted by Gasteiger charge is 2.13. The lowest BCUT2D eigenvalue weighted by Crippen LogP contribution is -2.36. The maximum atomic E-state index is 4.07. The summed E-state index contributed by atoms with van der Waals surface area (Å²) < 4.78 is 2.16. The van der Waals surface area contributed by atoms with E-state index in [4.69, 9.17) is 0 Å². The first-order chi connectivity index (χ1) is 7.84. The first-order valence-electron chi connectivity index (χ1n) is 6.11. The van der Waals surface area contributed by atoms with Crippen LogP contribution in [0.2, 0.25) is 0 Å². The van der Waals surface area contributed by atoms with Crippen molar-refractivity contribution in [2.24, 2.45) is 5.92 Å². The molecular weight excluding hydrogens is 218 g/mol. The minimum Gasteiger partial charge on any atom is -0.337 e. The van der Waals surface area contributed by atoms with Crippen molar-refractivity contribution in [2.45, 2.75) is 32.4 Å². The Bertz CT molecular complexity index is 280. The summed E-state index contributed by atoms with van der Waals surface area (Å²) in [7, 11) is 0. The van der Waals surface area contributed by atoms with Gasteiger partial charge in [0, 0.05) is 25.0 Å². The lowest BCUT2D eigenvalue weighted by molar-refractivity contribution is 0.394. The number of hydrogen-bond donors (Lipinski definition) is 1. The Hall–Kier alpha value is -0.480. The molecule has 16 heavy (non-hydrogen) atoms. The molecule has 1 aliphatic rings. The average Bonchev–Trinajstić information content (AvgIpc) is 2.81. The number of hydrogen-bond acceptors (Lipinski definition) is 3. The molecule has 1 unspecified atom stereocenters. The van der Waals surface area contributed by atoms with Gasteiger partial charge in [0.15, 0.2) is 0 Å². The van der Waals surface area contributed by atoms with E-state index in [0.29, 0.717) is 5.92 Å². The van der Waals surface area contributed by atoms with Gasteiger partial charge in [0.2, 0.25) is 0 Å². The largest absolute Gasteiger partial charge is 0.337 e. The van der Waals surface area contributed by atoms with E-state index in [0.717, 1.165) is 19.1 Å². The van der Waals surface area contributed by atoms with E-state index in [1.807, 2.05) is 18.7 Å². The normalized spacial score (nSPS) is 19.8. The molecule has 3 nitrogen and oxygen atoms in total. The molecule has 2 heterocycles. The summed E-state index contributed by atoms with van der Waals surface area (Å²) in [4.78, 5) is 4.07. The van der Waals surface area contributed by atoms with Crippen molar-refractivity contribution in [1.29, 1.82) is 0 Å². The lowest BCUT2D eigenvalue weighted by Gasteiger charge is -2.24. The van der Waals surface area contributed by atoms with Crippen molar-refractivity contribution >= 4 is 11.8 Å². The van der Waals surface area contributed by atoms with Crippen molar-refractivity contribution in [3.63, 3.8) is 0 Å². The summed E-state index contributed by atoms with van der Waals surface area (Å²) >= 11 is 2.08. The van der Waals surface area contributed by atoms with E-state index < -0.39 is 0 Å². The summed E-state index contributed by atoms with van der Waals surface area (Å²) in [6.07, 6.45) is 8.45. The number of thioether (sulfide) groups is 1. The third-order valence-corrected chi connectivity index (χ3v) is 4.11. The number of nitrogens with zero attached hydrogens (tertiary/aromatic N) is 2. The molecule has 0 radical (unpaired) electrons. The zero-order valence-corrected chi connectivity index (χ0v) is 10.7. The van der Waals surface area contributed by atoms with Gasteiger partial charge in [-0.3, -0.25) is 0 Å². The van der Waals surface area contributed by atoms with Gasteiger partial charge in [0.1, 0.15) is 0 Å². The van der Waals surface area contributed by atoms with Crippen molar-refractivity contribution in [2.75, 3.05) is 18.1 Å². The molecule has 90 valence electrons. The monoisotopic (exact) mass is 239 g/mol. The van der Waals surface area contributed by atoms with Crippen LogP contribution in [0.5, 0.6) is 0 Å². The molecule has 2 rings (SSSR count). The van der Waals surface area contributed by atoms with E-state index in [2.05, 4.69) is 33.6 Å². The summed E-state index contributed by atoms with van der Waals surface area (Å²) in [5, 5.41) is 3.69. The molecule has 4 heteroatoms. The van der Waals surface area contributed by atoms with Crippen molar-refractivity contribution in [1.82, 2.24) is 14.9 Å². The van der Waals surface area contributed by atoms with Gasteiger partial charge >= 0.3 is 0 Å². The first kappa shape index (κ1) is 12.0. The highest BCUT2D eigenvalue weighted by Crippen LogP contribution is 2.17. The van der Waals surface area contributed by atoms with Crippen LogP contribution in [-0.2, 0) is 6.54 Å². The average molecular weight is 239 g/mol. The van der Waals surface area contributed by atoms with Gasteiger partial charge in [0.05, 0.1) is 6.33 Å². The number of aromatic nitrogens is 2. The molecule has 1 atom stereocenters. The first-order valence-corrected chi connectivity index (χ1v) is 7.27. The van der Waals surface area contributed by atoms with Crippen LogP contribution in [0.4, 0.5) is 0 Å². The maximum absolute atomic E-state index is 4.07. The Morgan fingerprint density at radius 2 is 2.31 bits per heavy atom. The van der Waals surface area contributed by atoms with Crippen molar-refractivity contribution in [3.8, 4) is 0 Å². The Labute approximate surface area is 102 Å². The molecule has 0 amide bonds. The molecule has 1 N–H and O–H groups in total. The highest BCUT2D eigenvalue weighted by atomic mass is 32.2. The molecule has 0 saturated carbocycles. The van der Waals surface area contributed by atoms with Gasteiger partial charge in [-0.25, -0.2) is 4.98 Å². The van der Waals surface area contributed by atoms with E-state index in [9.17, 15) is 0 Å². The molecule has 1 aliphatic heterocycles. The van der Waals surface area contributed by atoms with Crippen LogP contribution < -0.4 is 5.32 Å². The van der Waals surface area contributed by atoms with Gasteiger partial charge in [-0.1, -0.05) is 6.92 Å². The third-order valence-electron chi connectivity index (χ3n) is 3.06. The standard InChI is InChI=1S/C12H21N3S/c1-11(9-15-5-4-13-10-15)8-14-12-2-6-16-7-3-12/h4-5,10-12,14H,2-3,6-9H2,1H3. The quantitative estimate of drug-likeness (QED) is 0.852. The van der Waals surface area contributed by atoms with Crippen molar-refractivity contribution < 1.29 is 0 Å². The van der Waals surface area contributed by atoms with Gasteiger partial charge in [-0.2, -0.15) is 11.8 Å². The van der Waals surface area contributed by atoms with E-state index in [-0.39, 0.29) is 0 Å². The fraction of sp³-hybridized carbons (Fsp3) is 0.750. The SMILES string of the molecule is CC(CNC1CCSCC1)Cn1ccnc1. The summed E-state index contributed by atoms with van der Waals surface area (Å²) in [6, 6.07) is 0.756. The summed E-state index contributed by atoms with van der Waals surface area (Å²) in [5.41, 5.74) is 0. The van der Waals surface area contributed by atoms with Gasteiger partial charge in [0.25, 0.3) is 0 Å². The maximum Gasteiger partial charge on any atom is 0.0946 e. The minimum absolute atomic E-state index is 0.670. The molecule has 0 spiro atoms. The molecular formula is C12H21N3S. The Morgan fingerprint density at radius 3 is 3.00 bits per heavy atom. The Morgan fingerprint density at radius 1 is 1.50 bits per heavy atom. The number of nitrogens with one attached hydrogen (secondary N) is 1. The zero-order valence-electron chi connectivity index (χ0n) is 9.93. The van der Waals surface area contributed by atoms with Crippen LogP contribution in [0.3, 0.4) is 0 Å². The van der Waals surface area contributed by atoms with E-state index >= 15 is 0 Å². The van der Waals surface area contributed by atoms with Crippen LogP contribution in [0.25, 0.3) is 0 Å². The smallest absolute Gasteiger partial charge is 0.0946 e. The molecule has 1 aromatic heterocycles. The second-order valence-electron chi connectivity index (χ2n) is 4.66. The molecule has 0 aliphatic carbocycles. The fourth-order valence-electron chi connectivity index (χ4n) is 2.09. The molecule has 1 aromatic rings. The van der Waals surface area contributed by atoms with Crippen LogP contribution >= 0.6 is 11.8 Å². The van der Waals surface area contributed by atoms with Crippen LogP contribution in [0, 0.1) is 5.92 Å². The summed E-state index contributed by atoms with van der Waals surface area (Å²) in [5.74, 6) is 3.32. The predicted molar refractivity (Wildman–Crippen MR) is 69.7 cm³/mol. The second kappa shape index (κ2) is 6.30.